The summed E-state index contributed by atoms with van der Waals surface area (Å²) >= 11 is 0. The van der Waals surface area contributed by atoms with Crippen molar-refractivity contribution in [2.24, 2.45) is 0 Å². The molecule has 2 nitrogen and oxygen atoms in total. The number of rotatable bonds is 3. The summed E-state index contributed by atoms with van der Waals surface area (Å²) in [6.07, 6.45) is 7.46. The maximum atomic E-state index is 5.50. The summed E-state index contributed by atoms with van der Waals surface area (Å²) in [7, 11) is 1.77. The van der Waals surface area contributed by atoms with E-state index in [4.69, 9.17) is 4.74 Å². The van der Waals surface area contributed by atoms with Crippen LogP contribution in [0.15, 0.2) is 17.7 Å². The van der Waals surface area contributed by atoms with Crippen molar-refractivity contribution in [2.75, 3.05) is 26.7 Å². The Bertz CT molecular complexity index is 504. The van der Waals surface area contributed by atoms with Crippen molar-refractivity contribution in [3.8, 4) is 5.75 Å². The van der Waals surface area contributed by atoms with Gasteiger partial charge in [-0.25, -0.2) is 0 Å². The molecule has 1 aromatic carbocycles. The van der Waals surface area contributed by atoms with Crippen molar-refractivity contribution in [1.82, 2.24) is 4.90 Å². The molecule has 110 valence electrons. The maximum Gasteiger partial charge on any atom is 0.122 e. The normalized spacial score (nSPS) is 18.2. The third kappa shape index (κ3) is 3.02. The summed E-state index contributed by atoms with van der Waals surface area (Å²) in [5.74, 6) is 1.05. The van der Waals surface area contributed by atoms with E-state index in [1.54, 1.807) is 12.7 Å². The second kappa shape index (κ2) is 6.64. The van der Waals surface area contributed by atoms with Gasteiger partial charge in [0.15, 0.2) is 0 Å². The molecule has 0 unspecified atom stereocenters. The predicted molar refractivity (Wildman–Crippen MR) is 87.0 cm³/mol. The van der Waals surface area contributed by atoms with E-state index in [1.165, 1.54) is 49.0 Å². The lowest BCUT2D eigenvalue weighted by atomic mass is 9.88. The van der Waals surface area contributed by atoms with Crippen molar-refractivity contribution >= 4 is 18.5 Å². The average molecular weight is 294 g/mol. The smallest absolute Gasteiger partial charge is 0.122 e. The van der Waals surface area contributed by atoms with E-state index in [1.807, 2.05) is 0 Å². The van der Waals surface area contributed by atoms with Crippen LogP contribution in [0.5, 0.6) is 5.75 Å². The molecule has 0 amide bonds. The lowest BCUT2D eigenvalue weighted by molar-refractivity contribution is 0.364. The van der Waals surface area contributed by atoms with Crippen molar-refractivity contribution in [2.45, 2.75) is 32.6 Å². The van der Waals surface area contributed by atoms with E-state index in [-0.39, 0.29) is 12.4 Å². The van der Waals surface area contributed by atoms with Crippen molar-refractivity contribution in [3.05, 3.63) is 34.4 Å². The molecule has 0 saturated carbocycles. The van der Waals surface area contributed by atoms with Gasteiger partial charge in [-0.15, -0.1) is 12.4 Å². The zero-order valence-electron chi connectivity index (χ0n) is 12.4. The number of nitrogens with zero attached hydrogens (tertiary/aromatic N) is 1. The number of aryl methyl sites for hydroxylation is 1. The molecule has 3 rings (SSSR count). The summed E-state index contributed by atoms with van der Waals surface area (Å²) in [6, 6.07) is 4.28. The van der Waals surface area contributed by atoms with Crippen LogP contribution in [0.2, 0.25) is 0 Å². The Balaban J connectivity index is 0.00000147. The van der Waals surface area contributed by atoms with E-state index < -0.39 is 0 Å². The van der Waals surface area contributed by atoms with Crippen LogP contribution in [0.4, 0.5) is 0 Å². The number of hydrogen-bond donors (Lipinski definition) is 0. The highest BCUT2D eigenvalue weighted by molar-refractivity contribution is 5.85. The van der Waals surface area contributed by atoms with E-state index in [2.05, 4.69) is 30.0 Å². The minimum Gasteiger partial charge on any atom is -0.496 e. The van der Waals surface area contributed by atoms with Crippen molar-refractivity contribution in [3.63, 3.8) is 0 Å². The van der Waals surface area contributed by atoms with Gasteiger partial charge in [-0.05, 0) is 62.9 Å². The number of fused-ring (bicyclic) bond motifs is 1. The number of ether oxygens (including phenoxy) is 1. The summed E-state index contributed by atoms with van der Waals surface area (Å²) < 4.78 is 5.50. The molecule has 1 aromatic rings. The molecular weight excluding hydrogens is 270 g/mol. The SMILES string of the molecule is COc1ccc(C)c2c1CCC(CN1CCCC1)=C2.Cl. The second-order valence-corrected chi connectivity index (χ2v) is 5.76. The molecule has 0 N–H and O–H groups in total. The molecule has 3 heteroatoms. The van der Waals surface area contributed by atoms with Crippen LogP contribution in [0.3, 0.4) is 0 Å². The number of likely N-dealkylation sites (tertiary alicyclic amines) is 1. The van der Waals surface area contributed by atoms with Gasteiger partial charge in [0.25, 0.3) is 0 Å². The van der Waals surface area contributed by atoms with Gasteiger partial charge in [-0.2, -0.15) is 0 Å². The fourth-order valence-electron chi connectivity index (χ4n) is 3.33. The molecule has 0 aromatic heterocycles. The molecule has 0 radical (unpaired) electrons. The molecule has 0 atom stereocenters. The first kappa shape index (κ1) is 15.4. The van der Waals surface area contributed by atoms with Crippen LogP contribution < -0.4 is 4.74 Å². The monoisotopic (exact) mass is 293 g/mol. The average Bonchev–Trinajstić information content (AvgIpc) is 2.93. The van der Waals surface area contributed by atoms with E-state index >= 15 is 0 Å². The van der Waals surface area contributed by atoms with E-state index in [0.717, 1.165) is 18.7 Å². The Kier molecular flexibility index (Phi) is 5.11. The fraction of sp³-hybridized carbons (Fsp3) is 0.529. The Labute approximate surface area is 128 Å². The zero-order valence-corrected chi connectivity index (χ0v) is 13.3. The van der Waals surface area contributed by atoms with Crippen LogP contribution in [-0.2, 0) is 6.42 Å². The lowest BCUT2D eigenvalue weighted by Gasteiger charge is -2.23. The number of halogens is 1. The molecule has 1 aliphatic heterocycles. The molecule has 1 aliphatic carbocycles. The van der Waals surface area contributed by atoms with Gasteiger partial charge in [0.1, 0.15) is 5.75 Å². The topological polar surface area (TPSA) is 12.5 Å². The summed E-state index contributed by atoms with van der Waals surface area (Å²) in [6.45, 7) is 5.92. The molecule has 0 bridgehead atoms. The van der Waals surface area contributed by atoms with Gasteiger partial charge in [0, 0.05) is 12.1 Å². The molecule has 1 fully saturated rings. The molecule has 1 heterocycles. The Hall–Kier alpha value is -0.990. The van der Waals surface area contributed by atoms with Crippen LogP contribution >= 0.6 is 12.4 Å². The van der Waals surface area contributed by atoms with Crippen LogP contribution in [0.1, 0.15) is 36.0 Å². The Morgan fingerprint density at radius 2 is 1.90 bits per heavy atom. The summed E-state index contributed by atoms with van der Waals surface area (Å²) in [5.41, 5.74) is 5.76. The number of methoxy groups -OCH3 is 1. The maximum absolute atomic E-state index is 5.50. The molecule has 0 spiro atoms. The fourth-order valence-corrected chi connectivity index (χ4v) is 3.33. The standard InChI is InChI=1S/C17H23NO.ClH/c1-13-5-8-17(19-2)15-7-6-14(11-16(13)15)12-18-9-3-4-10-18;/h5,8,11H,3-4,6-7,9-10,12H2,1-2H3;1H. The van der Waals surface area contributed by atoms with Crippen LogP contribution in [0.25, 0.3) is 6.08 Å². The zero-order chi connectivity index (χ0) is 13.2. The largest absolute Gasteiger partial charge is 0.496 e. The molecule has 1 saturated heterocycles. The summed E-state index contributed by atoms with van der Waals surface area (Å²) in [4.78, 5) is 2.59. The lowest BCUT2D eigenvalue weighted by Crippen LogP contribution is -2.23. The van der Waals surface area contributed by atoms with Crippen molar-refractivity contribution < 1.29 is 4.74 Å². The van der Waals surface area contributed by atoms with Gasteiger partial charge in [-0.1, -0.05) is 17.7 Å². The van der Waals surface area contributed by atoms with Crippen molar-refractivity contribution in [1.29, 1.82) is 0 Å². The summed E-state index contributed by atoms with van der Waals surface area (Å²) in [5, 5.41) is 0. The Morgan fingerprint density at radius 1 is 1.15 bits per heavy atom. The molecular formula is C17H24ClNO. The van der Waals surface area contributed by atoms with E-state index in [0.29, 0.717) is 0 Å². The highest BCUT2D eigenvalue weighted by Gasteiger charge is 2.19. The minimum atomic E-state index is 0. The number of benzene rings is 1. The first-order valence-electron chi connectivity index (χ1n) is 7.36. The minimum absolute atomic E-state index is 0. The first-order valence-corrected chi connectivity index (χ1v) is 7.36. The second-order valence-electron chi connectivity index (χ2n) is 5.76. The molecule has 20 heavy (non-hydrogen) atoms. The first-order chi connectivity index (χ1) is 9.28. The third-order valence-electron chi connectivity index (χ3n) is 4.42. The van der Waals surface area contributed by atoms with Crippen LogP contribution in [-0.4, -0.2) is 31.6 Å². The van der Waals surface area contributed by atoms with Gasteiger partial charge < -0.3 is 4.74 Å². The third-order valence-corrected chi connectivity index (χ3v) is 4.42. The highest BCUT2D eigenvalue weighted by Crippen LogP contribution is 2.33. The quantitative estimate of drug-likeness (QED) is 0.839. The van der Waals surface area contributed by atoms with Gasteiger partial charge in [0.05, 0.1) is 7.11 Å². The number of hydrogen-bond acceptors (Lipinski definition) is 2. The van der Waals surface area contributed by atoms with Gasteiger partial charge >= 0.3 is 0 Å². The predicted octanol–water partition coefficient (Wildman–Crippen LogP) is 3.85. The van der Waals surface area contributed by atoms with Gasteiger partial charge in [0.2, 0.25) is 0 Å². The Morgan fingerprint density at radius 3 is 2.60 bits per heavy atom. The van der Waals surface area contributed by atoms with Gasteiger partial charge in [-0.3, -0.25) is 4.90 Å². The van der Waals surface area contributed by atoms with E-state index in [9.17, 15) is 0 Å². The molecule has 2 aliphatic rings. The highest BCUT2D eigenvalue weighted by atomic mass is 35.5. The van der Waals surface area contributed by atoms with Crippen LogP contribution in [0, 0.1) is 6.92 Å².